The van der Waals surface area contributed by atoms with E-state index in [0.29, 0.717) is 17.8 Å². The Kier molecular flexibility index (Phi) is 6.44. The molecule has 0 saturated carbocycles. The maximum atomic E-state index is 13.0. The molecule has 7 nitrogen and oxygen atoms in total. The third kappa shape index (κ3) is 4.52. The highest BCUT2D eigenvalue weighted by Gasteiger charge is 2.46. The third-order valence-corrected chi connectivity index (χ3v) is 5.81. The summed E-state index contributed by atoms with van der Waals surface area (Å²) in [6, 6.07) is 11.9. The summed E-state index contributed by atoms with van der Waals surface area (Å²) in [7, 11) is 0. The van der Waals surface area contributed by atoms with Crippen molar-refractivity contribution in [3.8, 4) is 0 Å². The van der Waals surface area contributed by atoms with E-state index in [0.717, 1.165) is 44.8 Å². The molecule has 3 heterocycles. The molecule has 1 aromatic carbocycles. The Labute approximate surface area is 182 Å². The summed E-state index contributed by atoms with van der Waals surface area (Å²) in [6.45, 7) is 6.36. The summed E-state index contributed by atoms with van der Waals surface area (Å²) < 4.78 is 5.38. The predicted molar refractivity (Wildman–Crippen MR) is 116 cm³/mol. The van der Waals surface area contributed by atoms with Crippen LogP contribution in [0.3, 0.4) is 0 Å². The van der Waals surface area contributed by atoms with Crippen LogP contribution in [0.15, 0.2) is 54.2 Å². The van der Waals surface area contributed by atoms with Crippen LogP contribution in [0.25, 0.3) is 5.76 Å². The molecule has 2 fully saturated rings. The first-order chi connectivity index (χ1) is 15.1. The molecule has 7 heteroatoms. The number of ketones is 1. The molecule has 2 saturated heterocycles. The molecule has 1 N–H and O–H groups in total. The van der Waals surface area contributed by atoms with Gasteiger partial charge in [0.25, 0.3) is 11.7 Å². The second kappa shape index (κ2) is 9.41. The molecular formula is C24H27N3O4. The van der Waals surface area contributed by atoms with Crippen LogP contribution in [-0.2, 0) is 14.3 Å². The van der Waals surface area contributed by atoms with Gasteiger partial charge in [0.2, 0.25) is 0 Å². The van der Waals surface area contributed by atoms with Crippen molar-refractivity contribution < 1.29 is 19.4 Å². The molecule has 2 aromatic rings. The predicted octanol–water partition coefficient (Wildman–Crippen LogP) is 2.53. The third-order valence-electron chi connectivity index (χ3n) is 5.81. The van der Waals surface area contributed by atoms with Gasteiger partial charge in [0.05, 0.1) is 24.5 Å². The largest absolute Gasteiger partial charge is 0.507 e. The van der Waals surface area contributed by atoms with Crippen molar-refractivity contribution in [2.75, 3.05) is 39.4 Å². The Bertz CT molecular complexity index is 966. The number of carbonyl (C=O) groups is 2. The molecule has 1 aromatic heterocycles. The lowest BCUT2D eigenvalue weighted by molar-refractivity contribution is -0.140. The minimum absolute atomic E-state index is 0.0962. The van der Waals surface area contributed by atoms with Crippen molar-refractivity contribution in [1.29, 1.82) is 0 Å². The fraction of sp³-hybridized carbons (Fsp3) is 0.375. The normalized spacial score (nSPS) is 21.6. The zero-order valence-corrected chi connectivity index (χ0v) is 17.7. The number of aryl methyl sites for hydroxylation is 1. The molecule has 4 rings (SSSR count). The molecule has 1 atom stereocenters. The molecule has 0 bridgehead atoms. The average Bonchev–Trinajstić information content (AvgIpc) is 3.05. The van der Waals surface area contributed by atoms with Crippen molar-refractivity contribution in [3.05, 3.63) is 71.1 Å². The summed E-state index contributed by atoms with van der Waals surface area (Å²) in [5.74, 6) is -1.42. The van der Waals surface area contributed by atoms with Gasteiger partial charge < -0.3 is 14.7 Å². The second-order valence-corrected chi connectivity index (χ2v) is 7.92. The first kappa shape index (κ1) is 21.2. The number of benzene rings is 1. The summed E-state index contributed by atoms with van der Waals surface area (Å²) in [5, 5.41) is 11.0. The Hall–Kier alpha value is -3.03. The van der Waals surface area contributed by atoms with Gasteiger partial charge in [-0.25, -0.2) is 0 Å². The second-order valence-electron chi connectivity index (χ2n) is 7.92. The van der Waals surface area contributed by atoms with E-state index < -0.39 is 17.7 Å². The standard InChI is InChI=1S/C24H27N3O4/c1-17-6-8-18(9-7-17)22(28)20-21(19-5-2-3-10-25-19)27(24(30)23(20)29)12-4-11-26-13-15-31-16-14-26/h2-3,5-10,21,28H,4,11-16H2,1H3/b22-20+/t21-/m0/s1. The fourth-order valence-corrected chi connectivity index (χ4v) is 4.11. The number of rotatable bonds is 6. The number of ether oxygens (including phenoxy) is 1. The molecular weight excluding hydrogens is 394 g/mol. The van der Waals surface area contributed by atoms with Gasteiger partial charge in [0.1, 0.15) is 11.8 Å². The highest BCUT2D eigenvalue weighted by Crippen LogP contribution is 2.38. The number of carbonyl (C=O) groups excluding carboxylic acids is 2. The van der Waals surface area contributed by atoms with Crippen molar-refractivity contribution in [2.24, 2.45) is 0 Å². The number of morpholine rings is 1. The van der Waals surface area contributed by atoms with Crippen LogP contribution in [0, 0.1) is 6.92 Å². The molecule has 1 amide bonds. The van der Waals surface area contributed by atoms with Crippen LogP contribution in [-0.4, -0.2) is 71.0 Å². The monoisotopic (exact) mass is 421 g/mol. The summed E-state index contributed by atoms with van der Waals surface area (Å²) in [6.07, 6.45) is 2.36. The molecule has 162 valence electrons. The summed E-state index contributed by atoms with van der Waals surface area (Å²) in [5.41, 5.74) is 2.22. The van der Waals surface area contributed by atoms with Crippen molar-refractivity contribution in [3.63, 3.8) is 0 Å². The summed E-state index contributed by atoms with van der Waals surface area (Å²) >= 11 is 0. The van der Waals surface area contributed by atoms with Crippen LogP contribution >= 0.6 is 0 Å². The van der Waals surface area contributed by atoms with Gasteiger partial charge in [-0.2, -0.15) is 0 Å². The molecule has 2 aliphatic rings. The van der Waals surface area contributed by atoms with Crippen LogP contribution in [0.5, 0.6) is 0 Å². The molecule has 0 spiro atoms. The smallest absolute Gasteiger partial charge is 0.295 e. The number of hydrogen-bond donors (Lipinski definition) is 1. The molecule has 31 heavy (non-hydrogen) atoms. The molecule has 2 aliphatic heterocycles. The lowest BCUT2D eigenvalue weighted by atomic mass is 9.98. The van der Waals surface area contributed by atoms with Crippen LogP contribution in [0.4, 0.5) is 0 Å². The van der Waals surface area contributed by atoms with E-state index in [4.69, 9.17) is 4.74 Å². The first-order valence-corrected chi connectivity index (χ1v) is 10.6. The van der Waals surface area contributed by atoms with E-state index in [2.05, 4.69) is 9.88 Å². The van der Waals surface area contributed by atoms with Crippen molar-refractivity contribution in [1.82, 2.24) is 14.8 Å². The SMILES string of the molecule is Cc1ccc(/C(O)=C2\C(=O)C(=O)N(CCCN3CCOCC3)[C@H]2c2ccccn2)cc1. The Morgan fingerprint density at radius 1 is 1.10 bits per heavy atom. The van der Waals surface area contributed by atoms with E-state index in [1.165, 1.54) is 0 Å². The number of aliphatic hydroxyl groups excluding tert-OH is 1. The number of aliphatic hydroxyl groups is 1. The highest BCUT2D eigenvalue weighted by atomic mass is 16.5. The van der Waals surface area contributed by atoms with Gasteiger partial charge in [-0.05, 0) is 25.5 Å². The minimum Gasteiger partial charge on any atom is -0.507 e. The topological polar surface area (TPSA) is 83.0 Å². The average molecular weight is 421 g/mol. The van der Waals surface area contributed by atoms with E-state index in [1.54, 1.807) is 35.4 Å². The zero-order valence-electron chi connectivity index (χ0n) is 17.7. The molecule has 0 radical (unpaired) electrons. The minimum atomic E-state index is -0.702. The van der Waals surface area contributed by atoms with E-state index in [-0.39, 0.29) is 11.3 Å². The molecule has 0 aliphatic carbocycles. The van der Waals surface area contributed by atoms with Crippen LogP contribution in [0.2, 0.25) is 0 Å². The summed E-state index contributed by atoms with van der Waals surface area (Å²) in [4.78, 5) is 34.2. The van der Waals surface area contributed by atoms with Gasteiger partial charge >= 0.3 is 0 Å². The van der Waals surface area contributed by atoms with E-state index in [1.807, 2.05) is 25.1 Å². The Morgan fingerprint density at radius 3 is 2.52 bits per heavy atom. The number of nitrogens with zero attached hydrogens (tertiary/aromatic N) is 3. The Balaban J connectivity index is 1.64. The molecule has 0 unspecified atom stereocenters. The van der Waals surface area contributed by atoms with Gasteiger partial charge in [0.15, 0.2) is 0 Å². The van der Waals surface area contributed by atoms with Gasteiger partial charge in [-0.1, -0.05) is 35.9 Å². The lowest BCUT2D eigenvalue weighted by Crippen LogP contribution is -2.39. The number of hydrogen-bond acceptors (Lipinski definition) is 6. The van der Waals surface area contributed by atoms with Crippen LogP contribution in [0.1, 0.15) is 29.3 Å². The Morgan fingerprint density at radius 2 is 1.84 bits per heavy atom. The number of pyridine rings is 1. The number of Topliss-reactive ketones (excluding diaryl/α,β-unsaturated/α-hetero) is 1. The number of aromatic nitrogens is 1. The number of likely N-dealkylation sites (tertiary alicyclic amines) is 1. The maximum absolute atomic E-state index is 13.0. The lowest BCUT2D eigenvalue weighted by Gasteiger charge is -2.28. The maximum Gasteiger partial charge on any atom is 0.295 e. The van der Waals surface area contributed by atoms with E-state index >= 15 is 0 Å². The quantitative estimate of drug-likeness (QED) is 0.439. The van der Waals surface area contributed by atoms with Crippen molar-refractivity contribution >= 4 is 17.4 Å². The van der Waals surface area contributed by atoms with Gasteiger partial charge in [-0.15, -0.1) is 0 Å². The zero-order chi connectivity index (χ0) is 21.8. The van der Waals surface area contributed by atoms with E-state index in [9.17, 15) is 14.7 Å². The van der Waals surface area contributed by atoms with Gasteiger partial charge in [-0.3, -0.25) is 19.5 Å². The first-order valence-electron chi connectivity index (χ1n) is 10.6. The van der Waals surface area contributed by atoms with Gasteiger partial charge in [0, 0.05) is 37.9 Å². The number of amides is 1. The van der Waals surface area contributed by atoms with Crippen molar-refractivity contribution in [2.45, 2.75) is 19.4 Å². The highest BCUT2D eigenvalue weighted by molar-refractivity contribution is 6.46. The van der Waals surface area contributed by atoms with Crippen LogP contribution < -0.4 is 0 Å². The fourth-order valence-electron chi connectivity index (χ4n) is 4.11.